The monoisotopic (exact) mass is 239 g/mol. The first-order valence-corrected chi connectivity index (χ1v) is 5.95. The van der Waals surface area contributed by atoms with E-state index in [1.165, 1.54) is 11.3 Å². The Bertz CT molecular complexity index is 412. The van der Waals surface area contributed by atoms with E-state index in [9.17, 15) is 9.59 Å². The van der Waals surface area contributed by atoms with Crippen molar-refractivity contribution in [2.75, 3.05) is 12.3 Å². The Morgan fingerprint density at radius 2 is 2.25 bits per heavy atom. The summed E-state index contributed by atoms with van der Waals surface area (Å²) in [6.07, 6.45) is 2.08. The first-order valence-electron chi connectivity index (χ1n) is 5.07. The Hall–Kier alpha value is -1.56. The van der Waals surface area contributed by atoms with Gasteiger partial charge in [-0.1, -0.05) is 0 Å². The minimum Gasteiger partial charge on any atom is -0.397 e. The topological polar surface area (TPSA) is 84.2 Å². The standard InChI is InChI=1S/C10H13N3O2S/c11-7-3-4-16-9(7)10(15)12-5-8(14)13-6-1-2-6/h3-4,6H,1-2,5,11H2,(H,12,15)(H,13,14). The molecular formula is C10H13N3O2S. The van der Waals surface area contributed by atoms with Crippen molar-refractivity contribution in [3.63, 3.8) is 0 Å². The van der Waals surface area contributed by atoms with Crippen LogP contribution in [0.5, 0.6) is 0 Å². The second-order valence-electron chi connectivity index (χ2n) is 3.73. The van der Waals surface area contributed by atoms with Gasteiger partial charge in [0.1, 0.15) is 4.88 Å². The van der Waals surface area contributed by atoms with Crippen LogP contribution in [0, 0.1) is 0 Å². The Balaban J connectivity index is 1.79. The highest BCUT2D eigenvalue weighted by molar-refractivity contribution is 7.12. The molecule has 1 aromatic heterocycles. The lowest BCUT2D eigenvalue weighted by Gasteiger charge is -2.05. The van der Waals surface area contributed by atoms with Crippen LogP contribution in [0.1, 0.15) is 22.5 Å². The Labute approximate surface area is 97.0 Å². The van der Waals surface area contributed by atoms with Crippen LogP contribution in [-0.4, -0.2) is 24.4 Å². The third-order valence-electron chi connectivity index (χ3n) is 2.25. The molecule has 0 aromatic carbocycles. The predicted octanol–water partition coefficient (Wildman–Crippen LogP) is 0.339. The van der Waals surface area contributed by atoms with Gasteiger partial charge in [0.15, 0.2) is 0 Å². The molecule has 6 heteroatoms. The summed E-state index contributed by atoms with van der Waals surface area (Å²) in [5.41, 5.74) is 6.04. The van der Waals surface area contributed by atoms with E-state index in [1.54, 1.807) is 11.4 Å². The average Bonchev–Trinajstić information content (AvgIpc) is 2.95. The van der Waals surface area contributed by atoms with Gasteiger partial charge in [0.05, 0.1) is 12.2 Å². The number of nitrogens with two attached hydrogens (primary N) is 1. The minimum absolute atomic E-state index is 0.00662. The van der Waals surface area contributed by atoms with Crippen molar-refractivity contribution in [1.29, 1.82) is 0 Å². The van der Waals surface area contributed by atoms with E-state index in [4.69, 9.17) is 5.73 Å². The normalized spacial score (nSPS) is 14.5. The van der Waals surface area contributed by atoms with Gasteiger partial charge < -0.3 is 16.4 Å². The molecule has 1 aliphatic carbocycles. The molecule has 16 heavy (non-hydrogen) atoms. The molecule has 5 nitrogen and oxygen atoms in total. The number of anilines is 1. The third kappa shape index (κ3) is 2.73. The molecule has 0 bridgehead atoms. The number of thiophene rings is 1. The van der Waals surface area contributed by atoms with Gasteiger partial charge in [-0.05, 0) is 24.3 Å². The van der Waals surface area contributed by atoms with Crippen LogP contribution in [0.15, 0.2) is 11.4 Å². The zero-order valence-electron chi connectivity index (χ0n) is 8.66. The molecule has 4 N–H and O–H groups in total. The fourth-order valence-corrected chi connectivity index (χ4v) is 1.98. The van der Waals surface area contributed by atoms with Gasteiger partial charge in [-0.15, -0.1) is 11.3 Å². The summed E-state index contributed by atoms with van der Waals surface area (Å²) in [5.74, 6) is -0.440. The smallest absolute Gasteiger partial charge is 0.263 e. The first kappa shape index (κ1) is 10.9. The number of carbonyl (C=O) groups is 2. The summed E-state index contributed by atoms with van der Waals surface area (Å²) >= 11 is 1.27. The van der Waals surface area contributed by atoms with Crippen LogP contribution in [-0.2, 0) is 4.79 Å². The molecule has 0 aliphatic heterocycles. The van der Waals surface area contributed by atoms with E-state index in [0.717, 1.165) is 12.8 Å². The lowest BCUT2D eigenvalue weighted by Crippen LogP contribution is -2.37. The van der Waals surface area contributed by atoms with E-state index in [0.29, 0.717) is 16.6 Å². The number of hydrogen-bond acceptors (Lipinski definition) is 4. The lowest BCUT2D eigenvalue weighted by molar-refractivity contribution is -0.120. The molecule has 0 saturated heterocycles. The van der Waals surface area contributed by atoms with Crippen molar-refractivity contribution in [3.05, 3.63) is 16.3 Å². The molecule has 1 fully saturated rings. The highest BCUT2D eigenvalue weighted by atomic mass is 32.1. The van der Waals surface area contributed by atoms with Gasteiger partial charge >= 0.3 is 0 Å². The van der Waals surface area contributed by atoms with Gasteiger partial charge in [-0.25, -0.2) is 0 Å². The predicted molar refractivity (Wildman–Crippen MR) is 62.2 cm³/mol. The Kier molecular flexibility index (Phi) is 3.09. The zero-order chi connectivity index (χ0) is 11.5. The van der Waals surface area contributed by atoms with Gasteiger partial charge in [0.25, 0.3) is 5.91 Å². The molecule has 0 radical (unpaired) electrons. The number of hydrogen-bond donors (Lipinski definition) is 3. The van der Waals surface area contributed by atoms with Crippen molar-refractivity contribution >= 4 is 28.8 Å². The molecule has 2 rings (SSSR count). The van der Waals surface area contributed by atoms with E-state index in [-0.39, 0.29) is 18.4 Å². The molecule has 1 aliphatic rings. The molecule has 1 heterocycles. The van der Waals surface area contributed by atoms with Gasteiger partial charge in [-0.2, -0.15) is 0 Å². The van der Waals surface area contributed by atoms with Crippen molar-refractivity contribution in [2.24, 2.45) is 0 Å². The molecule has 1 saturated carbocycles. The number of amides is 2. The summed E-state index contributed by atoms with van der Waals surface area (Å²) in [5, 5.41) is 7.07. The van der Waals surface area contributed by atoms with Crippen LogP contribution in [0.3, 0.4) is 0 Å². The Morgan fingerprint density at radius 1 is 1.50 bits per heavy atom. The first-order chi connectivity index (χ1) is 7.66. The second-order valence-corrected chi connectivity index (χ2v) is 4.65. The molecule has 0 spiro atoms. The number of rotatable bonds is 4. The summed E-state index contributed by atoms with van der Waals surface area (Å²) in [6, 6.07) is 1.99. The van der Waals surface area contributed by atoms with Crippen LogP contribution in [0.2, 0.25) is 0 Å². The van der Waals surface area contributed by atoms with Crippen LogP contribution >= 0.6 is 11.3 Å². The number of carbonyl (C=O) groups excluding carboxylic acids is 2. The van der Waals surface area contributed by atoms with E-state index in [2.05, 4.69) is 10.6 Å². The molecular weight excluding hydrogens is 226 g/mol. The lowest BCUT2D eigenvalue weighted by atomic mass is 10.4. The number of nitrogens with one attached hydrogen (secondary N) is 2. The largest absolute Gasteiger partial charge is 0.397 e. The van der Waals surface area contributed by atoms with Gasteiger partial charge in [0, 0.05) is 6.04 Å². The van der Waals surface area contributed by atoms with Crippen LogP contribution < -0.4 is 16.4 Å². The van der Waals surface area contributed by atoms with Crippen molar-refractivity contribution < 1.29 is 9.59 Å². The maximum Gasteiger partial charge on any atom is 0.263 e. The molecule has 1 aromatic rings. The maximum absolute atomic E-state index is 11.6. The fourth-order valence-electron chi connectivity index (χ4n) is 1.25. The van der Waals surface area contributed by atoms with E-state index >= 15 is 0 Å². The highest BCUT2D eigenvalue weighted by Gasteiger charge is 2.23. The minimum atomic E-state index is -0.293. The van der Waals surface area contributed by atoms with Gasteiger partial charge in [0.2, 0.25) is 5.91 Å². The summed E-state index contributed by atoms with van der Waals surface area (Å²) < 4.78 is 0. The van der Waals surface area contributed by atoms with E-state index in [1.807, 2.05) is 0 Å². The van der Waals surface area contributed by atoms with Crippen LogP contribution in [0.25, 0.3) is 0 Å². The summed E-state index contributed by atoms with van der Waals surface area (Å²) in [7, 11) is 0. The molecule has 0 atom stereocenters. The summed E-state index contributed by atoms with van der Waals surface area (Å²) in [6.45, 7) is 0.00662. The highest BCUT2D eigenvalue weighted by Crippen LogP contribution is 2.19. The SMILES string of the molecule is Nc1ccsc1C(=O)NCC(=O)NC1CC1. The quantitative estimate of drug-likeness (QED) is 0.708. The van der Waals surface area contributed by atoms with Crippen LogP contribution in [0.4, 0.5) is 5.69 Å². The van der Waals surface area contributed by atoms with Crippen molar-refractivity contribution in [3.8, 4) is 0 Å². The summed E-state index contributed by atoms with van der Waals surface area (Å²) in [4.78, 5) is 23.3. The molecule has 0 unspecified atom stereocenters. The maximum atomic E-state index is 11.6. The van der Waals surface area contributed by atoms with E-state index < -0.39 is 0 Å². The second kappa shape index (κ2) is 4.52. The van der Waals surface area contributed by atoms with Gasteiger partial charge in [-0.3, -0.25) is 9.59 Å². The average molecular weight is 239 g/mol. The third-order valence-corrected chi connectivity index (χ3v) is 3.18. The fraction of sp³-hybridized carbons (Fsp3) is 0.400. The molecule has 86 valence electrons. The Morgan fingerprint density at radius 3 is 2.81 bits per heavy atom. The zero-order valence-corrected chi connectivity index (χ0v) is 9.47. The van der Waals surface area contributed by atoms with Crippen molar-refractivity contribution in [2.45, 2.75) is 18.9 Å². The molecule has 2 amide bonds. The van der Waals surface area contributed by atoms with Crippen molar-refractivity contribution in [1.82, 2.24) is 10.6 Å². The number of nitrogen functional groups attached to an aromatic ring is 1.